The van der Waals surface area contributed by atoms with E-state index in [0.717, 1.165) is 25.2 Å². The number of rotatable bonds is 6. The van der Waals surface area contributed by atoms with Crippen LogP contribution >= 0.6 is 0 Å². The molecule has 0 amide bonds. The van der Waals surface area contributed by atoms with E-state index in [1.165, 1.54) is 6.07 Å². The fraction of sp³-hybridized carbons (Fsp3) is 0.643. The molecule has 1 heterocycles. The van der Waals surface area contributed by atoms with Crippen LogP contribution in [-0.2, 0) is 6.18 Å². The Labute approximate surface area is 118 Å². The Kier molecular flexibility index (Phi) is 5.80. The Bertz CT molecular complexity index is 403. The van der Waals surface area contributed by atoms with Crippen molar-refractivity contribution in [3.05, 3.63) is 23.9 Å². The monoisotopic (exact) mass is 289 g/mol. The highest BCUT2D eigenvalue weighted by Crippen LogP contribution is 2.29. The maximum Gasteiger partial charge on any atom is 0.417 e. The molecule has 0 radical (unpaired) electrons. The van der Waals surface area contributed by atoms with Gasteiger partial charge < -0.3 is 10.2 Å². The normalized spacial score (nSPS) is 15.2. The Morgan fingerprint density at radius 2 is 1.95 bits per heavy atom. The minimum atomic E-state index is -4.34. The van der Waals surface area contributed by atoms with Crippen LogP contribution in [0.25, 0.3) is 0 Å². The molecule has 0 fully saturated rings. The molecule has 3 nitrogen and oxygen atoms in total. The standard InChI is InChI=1S/C14H22F3N3/c1-5-12(20(4)6-2)10(3)19-13-8-7-11(9-18-13)14(15,16)17/h7-10,12H,5-6H2,1-4H3,(H,18,19). The van der Waals surface area contributed by atoms with E-state index in [4.69, 9.17) is 0 Å². The van der Waals surface area contributed by atoms with E-state index in [9.17, 15) is 13.2 Å². The Hall–Kier alpha value is -1.30. The second kappa shape index (κ2) is 6.92. The lowest BCUT2D eigenvalue weighted by Crippen LogP contribution is -2.43. The minimum absolute atomic E-state index is 0.106. The highest BCUT2D eigenvalue weighted by molar-refractivity contribution is 5.37. The molecule has 0 aliphatic carbocycles. The highest BCUT2D eigenvalue weighted by Gasteiger charge is 2.30. The summed E-state index contributed by atoms with van der Waals surface area (Å²) in [6.07, 6.45) is -2.52. The van der Waals surface area contributed by atoms with E-state index < -0.39 is 11.7 Å². The van der Waals surface area contributed by atoms with Crippen molar-refractivity contribution in [3.63, 3.8) is 0 Å². The van der Waals surface area contributed by atoms with Gasteiger partial charge in [0.25, 0.3) is 0 Å². The zero-order valence-electron chi connectivity index (χ0n) is 12.3. The quantitative estimate of drug-likeness (QED) is 0.866. The average molecular weight is 289 g/mol. The number of hydrogen-bond acceptors (Lipinski definition) is 3. The first-order chi connectivity index (χ1) is 9.29. The highest BCUT2D eigenvalue weighted by atomic mass is 19.4. The summed E-state index contributed by atoms with van der Waals surface area (Å²) < 4.78 is 37.3. The van der Waals surface area contributed by atoms with Crippen molar-refractivity contribution >= 4 is 5.82 Å². The summed E-state index contributed by atoms with van der Waals surface area (Å²) in [6.45, 7) is 7.10. The molecular formula is C14H22F3N3. The van der Waals surface area contributed by atoms with Gasteiger partial charge in [-0.3, -0.25) is 0 Å². The molecule has 1 N–H and O–H groups in total. The summed E-state index contributed by atoms with van der Waals surface area (Å²) in [5, 5.41) is 3.17. The maximum atomic E-state index is 12.4. The number of alkyl halides is 3. The molecule has 0 aliphatic rings. The molecule has 0 saturated carbocycles. The van der Waals surface area contributed by atoms with E-state index in [2.05, 4.69) is 29.0 Å². The number of nitrogens with zero attached hydrogens (tertiary/aromatic N) is 2. The Balaban J connectivity index is 2.73. The summed E-state index contributed by atoms with van der Waals surface area (Å²) in [6, 6.07) is 2.84. The lowest BCUT2D eigenvalue weighted by atomic mass is 10.1. The van der Waals surface area contributed by atoms with Gasteiger partial charge in [-0.2, -0.15) is 13.2 Å². The molecule has 2 atom stereocenters. The van der Waals surface area contributed by atoms with Crippen molar-refractivity contribution in [1.29, 1.82) is 0 Å². The van der Waals surface area contributed by atoms with Gasteiger partial charge in [0.05, 0.1) is 5.56 Å². The summed E-state index contributed by atoms with van der Waals surface area (Å²) >= 11 is 0. The van der Waals surface area contributed by atoms with Crippen LogP contribution in [0, 0.1) is 0 Å². The van der Waals surface area contributed by atoms with Gasteiger partial charge in [0.1, 0.15) is 5.82 Å². The van der Waals surface area contributed by atoms with Gasteiger partial charge in [-0.15, -0.1) is 0 Å². The lowest BCUT2D eigenvalue weighted by molar-refractivity contribution is -0.137. The molecule has 114 valence electrons. The Morgan fingerprint density at radius 3 is 2.35 bits per heavy atom. The molecule has 0 bridgehead atoms. The van der Waals surface area contributed by atoms with Crippen molar-refractivity contribution in [3.8, 4) is 0 Å². The van der Waals surface area contributed by atoms with Crippen LogP contribution < -0.4 is 5.32 Å². The first-order valence-electron chi connectivity index (χ1n) is 6.79. The van der Waals surface area contributed by atoms with Crippen LogP contribution in [0.4, 0.5) is 19.0 Å². The molecule has 6 heteroatoms. The molecule has 0 aliphatic heterocycles. The van der Waals surface area contributed by atoms with Gasteiger partial charge in [-0.25, -0.2) is 4.98 Å². The third-order valence-corrected chi connectivity index (χ3v) is 3.53. The fourth-order valence-electron chi connectivity index (χ4n) is 2.26. The number of nitrogens with one attached hydrogen (secondary N) is 1. The molecule has 1 aromatic rings. The van der Waals surface area contributed by atoms with E-state index in [-0.39, 0.29) is 6.04 Å². The second-order valence-electron chi connectivity index (χ2n) is 4.91. The Morgan fingerprint density at radius 1 is 1.30 bits per heavy atom. The van der Waals surface area contributed by atoms with E-state index in [1.54, 1.807) is 0 Å². The van der Waals surface area contributed by atoms with Crippen LogP contribution in [0.2, 0.25) is 0 Å². The van der Waals surface area contributed by atoms with E-state index in [1.807, 2.05) is 14.0 Å². The van der Waals surface area contributed by atoms with Crippen molar-refractivity contribution in [2.75, 3.05) is 18.9 Å². The van der Waals surface area contributed by atoms with Gasteiger partial charge in [0, 0.05) is 18.3 Å². The summed E-state index contributed by atoms with van der Waals surface area (Å²) in [5.41, 5.74) is -0.728. The fourth-order valence-corrected chi connectivity index (χ4v) is 2.26. The SMILES string of the molecule is CCC(C(C)Nc1ccc(C(F)(F)F)cn1)N(C)CC. The number of halogens is 3. The topological polar surface area (TPSA) is 28.2 Å². The summed E-state index contributed by atoms with van der Waals surface area (Å²) in [7, 11) is 2.03. The molecule has 1 aromatic heterocycles. The number of pyridine rings is 1. The van der Waals surface area contributed by atoms with Crippen molar-refractivity contribution in [2.45, 2.75) is 45.5 Å². The average Bonchev–Trinajstić information content (AvgIpc) is 2.38. The lowest BCUT2D eigenvalue weighted by Gasteiger charge is -2.32. The molecule has 0 aromatic carbocycles. The zero-order chi connectivity index (χ0) is 15.3. The van der Waals surface area contributed by atoms with Crippen LogP contribution in [0.5, 0.6) is 0 Å². The zero-order valence-corrected chi connectivity index (χ0v) is 12.3. The predicted molar refractivity (Wildman–Crippen MR) is 74.7 cm³/mol. The summed E-state index contributed by atoms with van der Waals surface area (Å²) in [5.74, 6) is 0.466. The third kappa shape index (κ3) is 4.37. The number of anilines is 1. The maximum absolute atomic E-state index is 12.4. The molecule has 0 spiro atoms. The van der Waals surface area contributed by atoms with Gasteiger partial charge >= 0.3 is 6.18 Å². The molecule has 2 unspecified atom stereocenters. The van der Waals surface area contributed by atoms with Gasteiger partial charge in [0.15, 0.2) is 0 Å². The molecule has 1 rings (SSSR count). The van der Waals surface area contributed by atoms with Crippen LogP contribution in [-0.4, -0.2) is 35.6 Å². The summed E-state index contributed by atoms with van der Waals surface area (Å²) in [4.78, 5) is 6.05. The van der Waals surface area contributed by atoms with Gasteiger partial charge in [-0.05, 0) is 39.1 Å². The van der Waals surface area contributed by atoms with Crippen LogP contribution in [0.1, 0.15) is 32.8 Å². The predicted octanol–water partition coefficient (Wildman–Crippen LogP) is 3.63. The van der Waals surface area contributed by atoms with Crippen molar-refractivity contribution in [2.24, 2.45) is 0 Å². The largest absolute Gasteiger partial charge is 0.417 e. The minimum Gasteiger partial charge on any atom is -0.366 e. The third-order valence-electron chi connectivity index (χ3n) is 3.53. The van der Waals surface area contributed by atoms with Crippen molar-refractivity contribution in [1.82, 2.24) is 9.88 Å². The number of aromatic nitrogens is 1. The molecule has 0 saturated heterocycles. The first kappa shape index (κ1) is 16.8. The van der Waals surface area contributed by atoms with Crippen LogP contribution in [0.15, 0.2) is 18.3 Å². The van der Waals surface area contributed by atoms with E-state index in [0.29, 0.717) is 11.9 Å². The second-order valence-corrected chi connectivity index (χ2v) is 4.91. The first-order valence-corrected chi connectivity index (χ1v) is 6.79. The molecule has 20 heavy (non-hydrogen) atoms. The van der Waals surface area contributed by atoms with Crippen LogP contribution in [0.3, 0.4) is 0 Å². The number of hydrogen-bond donors (Lipinski definition) is 1. The van der Waals surface area contributed by atoms with Gasteiger partial charge in [-0.1, -0.05) is 13.8 Å². The van der Waals surface area contributed by atoms with Gasteiger partial charge in [0.2, 0.25) is 0 Å². The smallest absolute Gasteiger partial charge is 0.366 e. The van der Waals surface area contributed by atoms with E-state index >= 15 is 0 Å². The molecular weight excluding hydrogens is 267 g/mol. The number of likely N-dealkylation sites (N-methyl/N-ethyl adjacent to an activating group) is 1. The van der Waals surface area contributed by atoms with Crippen molar-refractivity contribution < 1.29 is 13.2 Å².